The molecule has 3 heterocycles. The van der Waals surface area contributed by atoms with E-state index in [0.717, 1.165) is 23.4 Å². The number of hydrogen-bond donors (Lipinski definition) is 1. The van der Waals surface area contributed by atoms with Gasteiger partial charge in [-0.25, -0.2) is 4.68 Å². The highest BCUT2D eigenvalue weighted by molar-refractivity contribution is 6.04. The fourth-order valence-corrected chi connectivity index (χ4v) is 3.99. The molecular formula is C26H29F3N8O2. The second-order valence-electron chi connectivity index (χ2n) is 9.25. The van der Waals surface area contributed by atoms with Crippen molar-refractivity contribution < 1.29 is 22.7 Å². The largest absolute Gasteiger partial charge is 0.416 e. The monoisotopic (exact) mass is 542 g/mol. The number of rotatable bonds is 9. The standard InChI is InChI=1S/C26H29F3N8O2/c1-16-24(37-15-23(33-34-37)22-13-31-36(4)17(22)2)10-19(12-30-16)25(38)32-21-9-18(14-35(3)6-7-39-5)8-20(11-21)26(27,28)29/h8-13,15H,6-7,14H2,1-5H3,(H,32,38). The summed E-state index contributed by atoms with van der Waals surface area (Å²) in [7, 11) is 5.16. The van der Waals surface area contributed by atoms with Crippen molar-refractivity contribution in [2.24, 2.45) is 7.05 Å². The van der Waals surface area contributed by atoms with Gasteiger partial charge in [0, 0.05) is 50.4 Å². The first-order valence-corrected chi connectivity index (χ1v) is 12.0. The lowest BCUT2D eigenvalue weighted by molar-refractivity contribution is -0.137. The molecule has 1 amide bonds. The number of amides is 1. The second kappa shape index (κ2) is 11.3. The van der Waals surface area contributed by atoms with Gasteiger partial charge in [-0.1, -0.05) is 5.21 Å². The van der Waals surface area contributed by atoms with Crippen LogP contribution < -0.4 is 5.32 Å². The van der Waals surface area contributed by atoms with Crippen molar-refractivity contribution in [1.82, 2.24) is 34.7 Å². The van der Waals surface area contributed by atoms with Crippen molar-refractivity contribution in [3.8, 4) is 16.9 Å². The van der Waals surface area contributed by atoms with Gasteiger partial charge in [-0.2, -0.15) is 18.3 Å². The summed E-state index contributed by atoms with van der Waals surface area (Å²) in [6, 6.07) is 5.09. The van der Waals surface area contributed by atoms with E-state index in [-0.39, 0.29) is 17.8 Å². The van der Waals surface area contributed by atoms with Gasteiger partial charge in [0.1, 0.15) is 5.69 Å². The molecule has 0 saturated heterocycles. The van der Waals surface area contributed by atoms with E-state index < -0.39 is 17.6 Å². The number of anilines is 1. The van der Waals surface area contributed by atoms with Gasteiger partial charge in [0.2, 0.25) is 0 Å². The molecule has 0 aliphatic heterocycles. The normalized spacial score (nSPS) is 11.8. The van der Waals surface area contributed by atoms with Crippen LogP contribution in [0.15, 0.2) is 42.9 Å². The molecular weight excluding hydrogens is 513 g/mol. The van der Waals surface area contributed by atoms with E-state index in [9.17, 15) is 18.0 Å². The number of carbonyl (C=O) groups excluding carboxylic acids is 1. The molecule has 13 heteroatoms. The fraction of sp³-hybridized carbons (Fsp3) is 0.346. The molecule has 0 spiro atoms. The Balaban J connectivity index is 1.59. The number of nitrogens with zero attached hydrogens (tertiary/aromatic N) is 7. The van der Waals surface area contributed by atoms with Crippen LogP contribution in [-0.2, 0) is 24.5 Å². The predicted molar refractivity (Wildman–Crippen MR) is 138 cm³/mol. The van der Waals surface area contributed by atoms with E-state index in [2.05, 4.69) is 25.7 Å². The van der Waals surface area contributed by atoms with E-state index in [1.807, 2.05) is 18.9 Å². The number of methoxy groups -OCH3 is 1. The van der Waals surface area contributed by atoms with Crippen LogP contribution in [0.5, 0.6) is 0 Å². The zero-order valence-corrected chi connectivity index (χ0v) is 22.2. The summed E-state index contributed by atoms with van der Waals surface area (Å²) in [6.45, 7) is 4.90. The van der Waals surface area contributed by atoms with E-state index >= 15 is 0 Å². The number of nitrogens with one attached hydrogen (secondary N) is 1. The van der Waals surface area contributed by atoms with Crippen LogP contribution in [0.4, 0.5) is 18.9 Å². The van der Waals surface area contributed by atoms with E-state index in [1.54, 1.807) is 44.2 Å². The van der Waals surface area contributed by atoms with Gasteiger partial charge in [0.25, 0.3) is 5.91 Å². The van der Waals surface area contributed by atoms with Crippen molar-refractivity contribution in [2.75, 3.05) is 32.6 Å². The zero-order chi connectivity index (χ0) is 28.3. The topological polar surface area (TPSA) is 103 Å². The van der Waals surface area contributed by atoms with Crippen molar-refractivity contribution in [1.29, 1.82) is 0 Å². The number of carbonyl (C=O) groups is 1. The summed E-state index contributed by atoms with van der Waals surface area (Å²) in [5.74, 6) is -0.606. The third-order valence-corrected chi connectivity index (χ3v) is 6.28. The molecule has 4 rings (SSSR count). The number of likely N-dealkylation sites (N-methyl/N-ethyl adjacent to an activating group) is 1. The maximum Gasteiger partial charge on any atom is 0.416 e. The van der Waals surface area contributed by atoms with Gasteiger partial charge in [0.15, 0.2) is 0 Å². The quantitative estimate of drug-likeness (QED) is 0.341. The Morgan fingerprint density at radius 3 is 2.59 bits per heavy atom. The Kier molecular flexibility index (Phi) is 8.11. The first-order chi connectivity index (χ1) is 18.5. The first kappa shape index (κ1) is 27.9. The van der Waals surface area contributed by atoms with E-state index in [4.69, 9.17) is 4.74 Å². The summed E-state index contributed by atoms with van der Waals surface area (Å²) in [5.41, 5.74) is 3.16. The number of ether oxygens (including phenoxy) is 1. The molecule has 0 atom stereocenters. The lowest BCUT2D eigenvalue weighted by atomic mass is 10.1. The highest BCUT2D eigenvalue weighted by Crippen LogP contribution is 2.32. The molecule has 0 radical (unpaired) electrons. The molecule has 10 nitrogen and oxygen atoms in total. The van der Waals surface area contributed by atoms with Gasteiger partial charge >= 0.3 is 6.18 Å². The average Bonchev–Trinajstić information content (AvgIpc) is 3.49. The van der Waals surface area contributed by atoms with Crippen molar-refractivity contribution >= 4 is 11.6 Å². The molecule has 0 aliphatic rings. The molecule has 4 aromatic rings. The summed E-state index contributed by atoms with van der Waals surface area (Å²) >= 11 is 0. The minimum absolute atomic E-state index is 0.0298. The number of benzene rings is 1. The summed E-state index contributed by atoms with van der Waals surface area (Å²) < 4.78 is 49.1. The molecule has 0 fully saturated rings. The van der Waals surface area contributed by atoms with Gasteiger partial charge < -0.3 is 10.1 Å². The number of halogens is 3. The Bertz CT molecular complexity index is 1480. The van der Waals surface area contributed by atoms with E-state index in [0.29, 0.717) is 35.8 Å². The zero-order valence-electron chi connectivity index (χ0n) is 22.2. The summed E-state index contributed by atoms with van der Waals surface area (Å²) in [5, 5.41) is 15.2. The SMILES string of the molecule is COCCN(C)Cc1cc(NC(=O)c2cnc(C)c(-n3cc(-c4cnn(C)c4C)nn3)c2)cc(C(F)(F)F)c1. The number of alkyl halides is 3. The highest BCUT2D eigenvalue weighted by Gasteiger charge is 2.31. The van der Waals surface area contributed by atoms with Gasteiger partial charge in [-0.3, -0.25) is 19.4 Å². The third-order valence-electron chi connectivity index (χ3n) is 6.28. The average molecular weight is 543 g/mol. The fourth-order valence-electron chi connectivity index (χ4n) is 3.99. The van der Waals surface area contributed by atoms with E-state index in [1.165, 1.54) is 16.9 Å². The Morgan fingerprint density at radius 1 is 1.15 bits per heavy atom. The van der Waals surface area contributed by atoms with Crippen LogP contribution in [0, 0.1) is 13.8 Å². The summed E-state index contributed by atoms with van der Waals surface area (Å²) in [4.78, 5) is 19.2. The van der Waals surface area contributed by atoms with Crippen molar-refractivity contribution in [2.45, 2.75) is 26.6 Å². The van der Waals surface area contributed by atoms with Crippen molar-refractivity contribution in [3.05, 3.63) is 70.9 Å². The Labute approximate surface area is 223 Å². The smallest absolute Gasteiger partial charge is 0.383 e. The summed E-state index contributed by atoms with van der Waals surface area (Å²) in [6.07, 6.45) is 0.188. The molecule has 206 valence electrons. The minimum atomic E-state index is -4.57. The van der Waals surface area contributed by atoms with Gasteiger partial charge in [-0.15, -0.1) is 5.10 Å². The minimum Gasteiger partial charge on any atom is -0.383 e. The molecule has 3 aromatic heterocycles. The molecule has 0 saturated carbocycles. The lowest BCUT2D eigenvalue weighted by Crippen LogP contribution is -2.23. The van der Waals surface area contributed by atoms with Crippen LogP contribution in [0.3, 0.4) is 0 Å². The van der Waals surface area contributed by atoms with Gasteiger partial charge in [-0.05, 0) is 50.7 Å². The lowest BCUT2D eigenvalue weighted by Gasteiger charge is -2.18. The molecule has 39 heavy (non-hydrogen) atoms. The highest BCUT2D eigenvalue weighted by atomic mass is 19.4. The van der Waals surface area contributed by atoms with Crippen LogP contribution in [0.2, 0.25) is 0 Å². The van der Waals surface area contributed by atoms with Crippen LogP contribution >= 0.6 is 0 Å². The molecule has 0 unspecified atom stereocenters. The maximum absolute atomic E-state index is 13.6. The van der Waals surface area contributed by atoms with Crippen molar-refractivity contribution in [3.63, 3.8) is 0 Å². The number of aromatic nitrogens is 6. The Morgan fingerprint density at radius 2 is 1.92 bits per heavy atom. The second-order valence-corrected chi connectivity index (χ2v) is 9.25. The molecule has 1 aromatic carbocycles. The molecule has 0 bridgehead atoms. The molecule has 1 N–H and O–H groups in total. The Hall–Kier alpha value is -4.10. The predicted octanol–water partition coefficient (Wildman–Crippen LogP) is 4.03. The third kappa shape index (κ3) is 6.49. The maximum atomic E-state index is 13.6. The molecule has 0 aliphatic carbocycles. The first-order valence-electron chi connectivity index (χ1n) is 12.0. The van der Waals surface area contributed by atoms with Crippen LogP contribution in [-0.4, -0.2) is 67.9 Å². The number of pyridine rings is 1. The van der Waals surface area contributed by atoms with Crippen LogP contribution in [0.1, 0.15) is 32.9 Å². The van der Waals surface area contributed by atoms with Gasteiger partial charge in [0.05, 0.1) is 41.5 Å². The van der Waals surface area contributed by atoms with Crippen LogP contribution in [0.25, 0.3) is 16.9 Å². The number of aryl methyl sites for hydroxylation is 2. The number of hydrogen-bond acceptors (Lipinski definition) is 7.